The molecule has 1 fully saturated rings. The molecule has 1 aliphatic heterocycles. The molecule has 1 aliphatic rings. The van der Waals surface area contributed by atoms with E-state index in [1.54, 1.807) is 20.8 Å². The Hall–Kier alpha value is -2.03. The maximum Gasteiger partial charge on any atom is 0.410 e. The van der Waals surface area contributed by atoms with E-state index in [2.05, 4.69) is 25.9 Å². The van der Waals surface area contributed by atoms with Gasteiger partial charge in [-0.1, -0.05) is 15.9 Å². The molecule has 9 heteroatoms. The Morgan fingerprint density at radius 3 is 2.56 bits per heavy atom. The topological polar surface area (TPSA) is 75.3 Å². The number of likely N-dealkylation sites (tertiary alicyclic amines) is 1. The lowest BCUT2D eigenvalue weighted by atomic mass is 9.92. The van der Waals surface area contributed by atoms with Crippen LogP contribution in [-0.2, 0) is 10.4 Å². The molecule has 1 N–H and O–H groups in total. The number of halogens is 3. The molecule has 0 bridgehead atoms. The summed E-state index contributed by atoms with van der Waals surface area (Å²) >= 11 is 3.12. The van der Waals surface area contributed by atoms with Gasteiger partial charge in [0.2, 0.25) is 0 Å². The first-order chi connectivity index (χ1) is 12.5. The maximum atomic E-state index is 15.5. The predicted molar refractivity (Wildman–Crippen MR) is 99.8 cm³/mol. The molecule has 0 radical (unpaired) electrons. The molecule has 6 nitrogen and oxygen atoms in total. The lowest BCUT2D eigenvalue weighted by Crippen LogP contribution is -2.46. The van der Waals surface area contributed by atoms with Gasteiger partial charge in [-0.25, -0.2) is 18.6 Å². The van der Waals surface area contributed by atoms with Gasteiger partial charge >= 0.3 is 6.09 Å². The van der Waals surface area contributed by atoms with Gasteiger partial charge in [-0.05, 0) is 32.9 Å². The minimum Gasteiger partial charge on any atom is -0.444 e. The van der Waals surface area contributed by atoms with Crippen LogP contribution in [0.25, 0.3) is 10.9 Å². The van der Waals surface area contributed by atoms with Crippen molar-refractivity contribution in [3.8, 4) is 0 Å². The van der Waals surface area contributed by atoms with Crippen LogP contribution in [0.4, 0.5) is 13.6 Å². The highest BCUT2D eigenvalue weighted by atomic mass is 79.9. The lowest BCUT2D eigenvalue weighted by Gasteiger charge is -2.36. The number of piperidine rings is 1. The number of amides is 1. The van der Waals surface area contributed by atoms with E-state index in [-0.39, 0.29) is 42.7 Å². The summed E-state index contributed by atoms with van der Waals surface area (Å²) in [6.07, 6.45) is -0.655. The second-order valence-corrected chi connectivity index (χ2v) is 8.55. The number of aromatic amines is 1. The lowest BCUT2D eigenvalue weighted by molar-refractivity contribution is 0.000199. The number of carbonyl (C=O) groups excluding carboxylic acids is 1. The number of nitrogens with one attached hydrogen (secondary N) is 1. The highest BCUT2D eigenvalue weighted by Crippen LogP contribution is 2.35. The highest BCUT2D eigenvalue weighted by Gasteiger charge is 2.41. The van der Waals surface area contributed by atoms with Crippen molar-refractivity contribution in [1.29, 1.82) is 0 Å². The average Bonchev–Trinajstić information content (AvgIpc) is 2.54. The Labute approximate surface area is 163 Å². The molecule has 3 rings (SSSR count). The quantitative estimate of drug-likeness (QED) is 0.721. The molecule has 146 valence electrons. The van der Waals surface area contributed by atoms with Gasteiger partial charge in [0, 0.05) is 30.4 Å². The molecule has 0 unspecified atom stereocenters. The third-order valence-corrected chi connectivity index (χ3v) is 4.82. The van der Waals surface area contributed by atoms with Gasteiger partial charge in [0.15, 0.2) is 11.5 Å². The number of H-pyrrole nitrogens is 1. The van der Waals surface area contributed by atoms with Crippen LogP contribution in [0.2, 0.25) is 0 Å². The first kappa shape index (κ1) is 19.7. The number of rotatable bonds is 1. The van der Waals surface area contributed by atoms with Gasteiger partial charge in [-0.2, -0.15) is 0 Å². The van der Waals surface area contributed by atoms with Crippen LogP contribution in [-0.4, -0.2) is 39.7 Å². The van der Waals surface area contributed by atoms with E-state index < -0.39 is 28.7 Å². The smallest absolute Gasteiger partial charge is 0.410 e. The Morgan fingerprint density at radius 2 is 1.96 bits per heavy atom. The van der Waals surface area contributed by atoms with E-state index in [1.165, 1.54) is 17.0 Å². The highest BCUT2D eigenvalue weighted by molar-refractivity contribution is 9.10. The molecule has 1 aromatic carbocycles. The van der Waals surface area contributed by atoms with Crippen LogP contribution >= 0.6 is 15.9 Å². The standard InChI is InChI=1S/C18H20BrF2N3O3/c1-17(2,3)27-16(26)24-6-4-18(21,5-7-24)15-22-13-11(14(25)23-15)8-10(19)9-12(13)20/h8-9H,4-7H2,1-3H3,(H,22,23,25). The Morgan fingerprint density at radius 1 is 1.33 bits per heavy atom. The van der Waals surface area contributed by atoms with Crippen molar-refractivity contribution in [1.82, 2.24) is 14.9 Å². The van der Waals surface area contributed by atoms with Crippen LogP contribution in [0.1, 0.15) is 39.4 Å². The van der Waals surface area contributed by atoms with Gasteiger partial charge in [-0.15, -0.1) is 0 Å². The van der Waals surface area contributed by atoms with E-state index in [9.17, 15) is 14.0 Å². The Kier molecular flexibility index (Phi) is 5.00. The van der Waals surface area contributed by atoms with Gasteiger partial charge in [0.25, 0.3) is 5.56 Å². The van der Waals surface area contributed by atoms with Crippen LogP contribution in [0.5, 0.6) is 0 Å². The van der Waals surface area contributed by atoms with Crippen molar-refractivity contribution in [3.05, 3.63) is 38.6 Å². The summed E-state index contributed by atoms with van der Waals surface area (Å²) in [6.45, 7) is 5.48. The predicted octanol–water partition coefficient (Wildman–Crippen LogP) is 4.02. The van der Waals surface area contributed by atoms with Crippen molar-refractivity contribution in [2.24, 2.45) is 0 Å². The number of aromatic nitrogens is 2. The summed E-state index contributed by atoms with van der Waals surface area (Å²) in [5, 5.41) is 0.0421. The zero-order valence-corrected chi connectivity index (χ0v) is 16.8. The van der Waals surface area contributed by atoms with E-state index in [4.69, 9.17) is 4.74 Å². The third-order valence-electron chi connectivity index (χ3n) is 4.36. The molecular formula is C18H20BrF2N3O3. The molecule has 0 atom stereocenters. The summed E-state index contributed by atoms with van der Waals surface area (Å²) in [7, 11) is 0. The normalized spacial score (nSPS) is 17.2. The van der Waals surface area contributed by atoms with E-state index in [1.807, 2.05) is 0 Å². The molecule has 27 heavy (non-hydrogen) atoms. The van der Waals surface area contributed by atoms with Gasteiger partial charge in [0.05, 0.1) is 5.39 Å². The minimum absolute atomic E-state index is 0.0421. The van der Waals surface area contributed by atoms with E-state index >= 15 is 4.39 Å². The zero-order chi connectivity index (χ0) is 20.0. The largest absolute Gasteiger partial charge is 0.444 e. The molecule has 0 spiro atoms. The summed E-state index contributed by atoms with van der Waals surface area (Å²) < 4.78 is 35.3. The second kappa shape index (κ2) is 6.85. The van der Waals surface area contributed by atoms with Crippen LogP contribution in [0, 0.1) is 5.82 Å². The van der Waals surface area contributed by atoms with Gasteiger partial charge < -0.3 is 14.6 Å². The van der Waals surface area contributed by atoms with Crippen molar-refractivity contribution in [2.75, 3.05) is 13.1 Å². The zero-order valence-electron chi connectivity index (χ0n) is 15.2. The molecular weight excluding hydrogens is 424 g/mol. The Bertz CT molecular complexity index is 947. The molecule has 1 saturated heterocycles. The van der Waals surface area contributed by atoms with Crippen molar-refractivity contribution < 1.29 is 18.3 Å². The number of hydrogen-bond donors (Lipinski definition) is 1. The van der Waals surface area contributed by atoms with Crippen molar-refractivity contribution >= 4 is 32.9 Å². The van der Waals surface area contributed by atoms with Crippen LogP contribution < -0.4 is 5.56 Å². The summed E-state index contributed by atoms with van der Waals surface area (Å²) in [5.41, 5.74) is -3.38. The van der Waals surface area contributed by atoms with Crippen molar-refractivity contribution in [3.63, 3.8) is 0 Å². The Balaban J connectivity index is 1.85. The molecule has 1 amide bonds. The number of benzene rings is 1. The number of alkyl halides is 1. The van der Waals surface area contributed by atoms with E-state index in [0.717, 1.165) is 0 Å². The SMILES string of the molecule is CC(C)(C)OC(=O)N1CCC(F)(c2nc3c(F)cc(Br)cc3c(=O)[nH]2)CC1. The number of hydrogen-bond acceptors (Lipinski definition) is 4. The molecule has 2 aromatic rings. The molecule has 2 heterocycles. The number of ether oxygens (including phenoxy) is 1. The first-order valence-electron chi connectivity index (χ1n) is 8.55. The number of carbonyl (C=O) groups is 1. The maximum absolute atomic E-state index is 15.5. The fourth-order valence-corrected chi connectivity index (χ4v) is 3.42. The summed E-state index contributed by atoms with van der Waals surface area (Å²) in [6, 6.07) is 2.61. The number of fused-ring (bicyclic) bond motifs is 1. The van der Waals surface area contributed by atoms with Crippen LogP contribution in [0.15, 0.2) is 21.4 Å². The van der Waals surface area contributed by atoms with Gasteiger partial charge in [0.1, 0.15) is 16.9 Å². The van der Waals surface area contributed by atoms with E-state index in [0.29, 0.717) is 4.47 Å². The fraction of sp³-hybridized carbons (Fsp3) is 0.500. The van der Waals surface area contributed by atoms with Gasteiger partial charge in [-0.3, -0.25) is 4.79 Å². The minimum atomic E-state index is -1.95. The first-order valence-corrected chi connectivity index (χ1v) is 9.34. The summed E-state index contributed by atoms with van der Waals surface area (Å²) in [4.78, 5) is 32.3. The fourth-order valence-electron chi connectivity index (χ4n) is 2.99. The number of nitrogens with zero attached hydrogens (tertiary/aromatic N) is 2. The van der Waals surface area contributed by atoms with Crippen molar-refractivity contribution in [2.45, 2.75) is 44.9 Å². The average molecular weight is 444 g/mol. The molecule has 1 aromatic heterocycles. The van der Waals surface area contributed by atoms with Crippen LogP contribution in [0.3, 0.4) is 0 Å². The second-order valence-electron chi connectivity index (χ2n) is 7.63. The summed E-state index contributed by atoms with van der Waals surface area (Å²) in [5.74, 6) is -0.924. The molecule has 0 aliphatic carbocycles. The molecule has 0 saturated carbocycles. The monoisotopic (exact) mass is 443 g/mol. The third kappa shape index (κ3) is 4.12.